The Morgan fingerprint density at radius 2 is 1.50 bits per heavy atom. The summed E-state index contributed by atoms with van der Waals surface area (Å²) < 4.78 is 12.0. The molecule has 5 fully saturated rings. The van der Waals surface area contributed by atoms with Crippen LogP contribution in [0.25, 0.3) is 0 Å². The minimum Gasteiger partial charge on any atom is -0.462 e. The molecule has 5 saturated carbocycles. The van der Waals surface area contributed by atoms with E-state index in [4.69, 9.17) is 21.1 Å². The number of hydrogen-bond acceptors (Lipinski definition) is 6. The third-order valence-corrected chi connectivity index (χ3v) is 17.8. The first-order valence-corrected chi connectivity index (χ1v) is 23.5. The van der Waals surface area contributed by atoms with Gasteiger partial charge in [-0.3, -0.25) is 19.2 Å². The van der Waals surface area contributed by atoms with Crippen LogP contribution in [-0.4, -0.2) is 35.3 Å². The van der Waals surface area contributed by atoms with Gasteiger partial charge >= 0.3 is 11.9 Å². The van der Waals surface area contributed by atoms with Crippen LogP contribution in [0, 0.1) is 56.2 Å². The highest BCUT2D eigenvalue weighted by atomic mass is 35.5. The van der Waals surface area contributed by atoms with Gasteiger partial charge in [-0.25, -0.2) is 0 Å². The summed E-state index contributed by atoms with van der Waals surface area (Å²) in [5.41, 5.74) is 1.63. The van der Waals surface area contributed by atoms with Crippen molar-refractivity contribution in [2.24, 2.45) is 56.2 Å². The molecular formula is C52H74ClNO6. The zero-order valence-electron chi connectivity index (χ0n) is 39.1. The zero-order valence-corrected chi connectivity index (χ0v) is 39.8. The normalized spacial score (nSPS) is 35.8. The molecule has 0 saturated heterocycles. The zero-order chi connectivity index (χ0) is 44.2. The lowest BCUT2D eigenvalue weighted by molar-refractivity contribution is -0.232. The Morgan fingerprint density at radius 3 is 2.10 bits per heavy atom. The van der Waals surface area contributed by atoms with Gasteiger partial charge in [-0.05, 0) is 175 Å². The summed E-state index contributed by atoms with van der Waals surface area (Å²) in [6.07, 6.45) is 12.2. The van der Waals surface area contributed by atoms with Gasteiger partial charge in [-0.15, -0.1) is 0 Å². The van der Waals surface area contributed by atoms with Crippen LogP contribution in [0.1, 0.15) is 173 Å². The lowest BCUT2D eigenvalue weighted by atomic mass is 9.33. The fourth-order valence-corrected chi connectivity index (χ4v) is 14.4. The van der Waals surface area contributed by atoms with Gasteiger partial charge in [0.2, 0.25) is 5.91 Å². The second kappa shape index (κ2) is 14.8. The molecule has 0 aromatic heterocycles. The van der Waals surface area contributed by atoms with E-state index < -0.39 is 16.4 Å². The number of halogens is 1. The van der Waals surface area contributed by atoms with Crippen molar-refractivity contribution in [1.29, 1.82) is 0 Å². The molecule has 0 spiro atoms. The average Bonchev–Trinajstić information content (AvgIpc) is 3.84. The quantitative estimate of drug-likeness (QED) is 0.196. The van der Waals surface area contributed by atoms with Crippen molar-refractivity contribution in [2.45, 2.75) is 184 Å². The summed E-state index contributed by atoms with van der Waals surface area (Å²) in [5, 5.41) is 4.08. The van der Waals surface area contributed by atoms with Crippen LogP contribution in [-0.2, 0) is 34.2 Å². The van der Waals surface area contributed by atoms with Gasteiger partial charge in [-0.2, -0.15) is 0 Å². The Labute approximate surface area is 366 Å². The van der Waals surface area contributed by atoms with E-state index in [2.05, 4.69) is 59.9 Å². The SMILES string of the molecule is C/C(=C\[C@@]12CC[C@]3(C)[C@H](CC[C@@H]4[C@@]5(C)CC[C@H](OC(=O)CC(C)(C)C(=O)OC(C)(C)C)C(C)(C)[C@@H]5CC[C@]43C)C1=C(C(C)C)C(=O)C2)C(=O)NC1(c2ccc(Cl)cc2)CC1. The molecule has 0 radical (unpaired) electrons. The number of fused-ring (bicyclic) bond motifs is 7. The van der Waals surface area contributed by atoms with Crippen molar-refractivity contribution >= 4 is 35.2 Å². The molecular weight excluding hydrogens is 770 g/mol. The molecule has 0 unspecified atom stereocenters. The van der Waals surface area contributed by atoms with Crippen molar-refractivity contribution in [3.05, 3.63) is 57.6 Å². The number of nitrogens with one attached hydrogen (secondary N) is 1. The van der Waals surface area contributed by atoms with Crippen LogP contribution in [0.2, 0.25) is 5.02 Å². The van der Waals surface area contributed by atoms with E-state index in [0.29, 0.717) is 28.9 Å². The Morgan fingerprint density at radius 1 is 0.850 bits per heavy atom. The maximum Gasteiger partial charge on any atom is 0.312 e. The van der Waals surface area contributed by atoms with Crippen LogP contribution in [0.3, 0.4) is 0 Å². The minimum absolute atomic E-state index is 0.00908. The molecule has 8 atom stereocenters. The average molecular weight is 845 g/mol. The number of ketones is 1. The summed E-state index contributed by atoms with van der Waals surface area (Å²) >= 11 is 6.20. The highest BCUT2D eigenvalue weighted by molar-refractivity contribution is 6.30. The van der Waals surface area contributed by atoms with E-state index in [0.717, 1.165) is 75.3 Å². The molecule has 330 valence electrons. The molecule has 1 N–H and O–H groups in total. The number of benzene rings is 1. The van der Waals surface area contributed by atoms with Crippen LogP contribution in [0.5, 0.6) is 0 Å². The van der Waals surface area contributed by atoms with Crippen molar-refractivity contribution in [1.82, 2.24) is 5.32 Å². The molecule has 7 nitrogen and oxygen atoms in total. The van der Waals surface area contributed by atoms with Crippen LogP contribution < -0.4 is 5.32 Å². The van der Waals surface area contributed by atoms with Gasteiger partial charge in [-0.1, -0.05) is 78.3 Å². The van der Waals surface area contributed by atoms with Crippen LogP contribution in [0.15, 0.2) is 47.1 Å². The second-order valence-corrected chi connectivity index (χ2v) is 24.1. The second-order valence-electron chi connectivity index (χ2n) is 23.6. The number of carbonyl (C=O) groups excluding carboxylic acids is 4. The largest absolute Gasteiger partial charge is 0.462 e. The lowest BCUT2D eigenvalue weighted by Gasteiger charge is -2.72. The predicted octanol–water partition coefficient (Wildman–Crippen LogP) is 12.0. The van der Waals surface area contributed by atoms with E-state index >= 15 is 0 Å². The summed E-state index contributed by atoms with van der Waals surface area (Å²) in [7, 11) is 0. The smallest absolute Gasteiger partial charge is 0.312 e. The van der Waals surface area contributed by atoms with Crippen molar-refractivity contribution in [3.8, 4) is 0 Å². The summed E-state index contributed by atoms with van der Waals surface area (Å²) in [6, 6.07) is 7.82. The monoisotopic (exact) mass is 844 g/mol. The first kappa shape index (κ1) is 45.1. The van der Waals surface area contributed by atoms with E-state index in [1.165, 1.54) is 5.57 Å². The molecule has 6 aliphatic carbocycles. The van der Waals surface area contributed by atoms with Crippen molar-refractivity contribution < 1.29 is 28.7 Å². The third kappa shape index (κ3) is 7.34. The molecule has 6 aliphatic rings. The summed E-state index contributed by atoms with van der Waals surface area (Å²) in [6.45, 7) is 27.7. The molecule has 0 aliphatic heterocycles. The number of amides is 1. The fourth-order valence-electron chi connectivity index (χ4n) is 14.2. The number of Topliss-reactive ketones (excluding diaryl/α,β-unsaturated/α-hetero) is 1. The predicted molar refractivity (Wildman–Crippen MR) is 238 cm³/mol. The van der Waals surface area contributed by atoms with Gasteiger partial charge in [0.15, 0.2) is 5.78 Å². The first-order valence-electron chi connectivity index (χ1n) is 23.1. The molecule has 0 bridgehead atoms. The Bertz CT molecular complexity index is 2000. The van der Waals surface area contributed by atoms with Gasteiger partial charge in [0.1, 0.15) is 11.7 Å². The van der Waals surface area contributed by atoms with Crippen LogP contribution >= 0.6 is 11.6 Å². The lowest BCUT2D eigenvalue weighted by Crippen LogP contribution is -2.65. The number of allylic oxidation sites excluding steroid dienone is 3. The number of esters is 2. The molecule has 8 heteroatoms. The highest BCUT2D eigenvalue weighted by Crippen LogP contribution is 2.77. The maximum absolute atomic E-state index is 14.3. The Hall–Kier alpha value is -2.93. The first-order chi connectivity index (χ1) is 27.6. The third-order valence-electron chi connectivity index (χ3n) is 17.6. The van der Waals surface area contributed by atoms with E-state index in [-0.39, 0.29) is 75.2 Å². The standard InChI is InChI=1S/C52H74ClNO6/c1-31(2)41-36(55)29-51(28-32(3)43(57)54-52(26-27-52)33-14-16-34(53)17-15-33)25-24-49(12)35(42(41)51)18-19-38-48(11)22-21-39(47(9,10)37(48)20-23-50(38,49)13)59-40(56)30-46(7,8)44(58)60-45(4,5)6/h14-17,28,31,35,37-39H,18-27,29-30H2,1-13H3,(H,54,57)/b32-28+/t35-,37+,38-,39+,48+,49-,50-,51-/m1/s1. The molecule has 60 heavy (non-hydrogen) atoms. The number of carbonyl (C=O) groups is 4. The summed E-state index contributed by atoms with van der Waals surface area (Å²) in [4.78, 5) is 54.9. The van der Waals surface area contributed by atoms with E-state index in [1.54, 1.807) is 13.8 Å². The molecule has 1 aromatic carbocycles. The maximum atomic E-state index is 14.3. The molecule has 1 aromatic rings. The number of hydrogen-bond donors (Lipinski definition) is 1. The van der Waals surface area contributed by atoms with E-state index in [9.17, 15) is 19.2 Å². The van der Waals surface area contributed by atoms with Gasteiger partial charge in [0, 0.05) is 27.8 Å². The van der Waals surface area contributed by atoms with Crippen molar-refractivity contribution in [2.75, 3.05) is 0 Å². The molecule has 7 rings (SSSR count). The van der Waals surface area contributed by atoms with Crippen LogP contribution in [0.4, 0.5) is 0 Å². The van der Waals surface area contributed by atoms with Crippen molar-refractivity contribution in [3.63, 3.8) is 0 Å². The number of ether oxygens (including phenoxy) is 2. The summed E-state index contributed by atoms with van der Waals surface area (Å²) in [5.74, 6) is 0.754. The van der Waals surface area contributed by atoms with E-state index in [1.807, 2.05) is 52.0 Å². The highest BCUT2D eigenvalue weighted by Gasteiger charge is 2.70. The fraction of sp³-hybridized carbons (Fsp3) is 0.731. The Balaban J connectivity index is 1.13. The topological polar surface area (TPSA) is 98.8 Å². The number of rotatable bonds is 9. The van der Waals surface area contributed by atoms with Gasteiger partial charge < -0.3 is 14.8 Å². The van der Waals surface area contributed by atoms with Gasteiger partial charge in [0.05, 0.1) is 17.4 Å². The molecule has 0 heterocycles. The minimum atomic E-state index is -0.983. The molecule has 1 amide bonds. The van der Waals surface area contributed by atoms with Gasteiger partial charge in [0.25, 0.3) is 0 Å². The Kier molecular flexibility index (Phi) is 11.2.